The molecule has 0 aromatic heterocycles. The molecule has 0 bridgehead atoms. The molecule has 26 heavy (non-hydrogen) atoms. The normalized spacial score (nSPS) is 11.3. The van der Waals surface area contributed by atoms with Crippen LogP contribution in [0.15, 0.2) is 36.4 Å². The van der Waals surface area contributed by atoms with Gasteiger partial charge in [-0.15, -0.1) is 0 Å². The van der Waals surface area contributed by atoms with E-state index in [9.17, 15) is 0 Å². The van der Waals surface area contributed by atoms with E-state index in [0.29, 0.717) is 0 Å². The number of likely N-dealkylation sites (N-methyl/N-ethyl adjacent to an activating group) is 1. The van der Waals surface area contributed by atoms with Gasteiger partial charge >= 0.3 is 0 Å². The lowest BCUT2D eigenvalue weighted by atomic mass is 10.1. The van der Waals surface area contributed by atoms with Crippen molar-refractivity contribution < 1.29 is 14.0 Å². The minimum Gasteiger partial charge on any atom is -0.497 e. The number of benzene rings is 2. The van der Waals surface area contributed by atoms with Gasteiger partial charge in [0.1, 0.15) is 18.0 Å². The average molecular weight is 358 g/mol. The highest BCUT2D eigenvalue weighted by molar-refractivity contribution is 5.63. The predicted molar refractivity (Wildman–Crippen MR) is 109 cm³/mol. The third-order valence-corrected chi connectivity index (χ3v) is 4.76. The van der Waals surface area contributed by atoms with Crippen LogP contribution in [0.3, 0.4) is 0 Å². The number of quaternary nitrogens is 1. The molecule has 0 aliphatic heterocycles. The molecule has 0 saturated heterocycles. The molecular weight excluding hydrogens is 324 g/mol. The minimum atomic E-state index is 0.843. The van der Waals surface area contributed by atoms with Crippen LogP contribution < -0.4 is 14.8 Å². The monoisotopic (exact) mass is 357 g/mol. The molecule has 2 aromatic carbocycles. The van der Waals surface area contributed by atoms with Crippen molar-refractivity contribution in [3.05, 3.63) is 53.1 Å². The number of nitrogens with one attached hydrogen (secondary N) is 1. The van der Waals surface area contributed by atoms with Gasteiger partial charge in [-0.05, 0) is 30.5 Å². The summed E-state index contributed by atoms with van der Waals surface area (Å²) in [5, 5.41) is 3.52. The van der Waals surface area contributed by atoms with Crippen molar-refractivity contribution in [2.75, 3.05) is 46.7 Å². The van der Waals surface area contributed by atoms with Crippen molar-refractivity contribution in [3.8, 4) is 11.5 Å². The Morgan fingerprint density at radius 3 is 2.19 bits per heavy atom. The zero-order chi connectivity index (χ0) is 19.2. The third kappa shape index (κ3) is 5.40. The van der Waals surface area contributed by atoms with E-state index in [1.54, 1.807) is 14.2 Å². The summed E-state index contributed by atoms with van der Waals surface area (Å²) in [6, 6.07) is 13.0. The predicted octanol–water partition coefficient (Wildman–Crippen LogP) is 4.26. The lowest BCUT2D eigenvalue weighted by Crippen LogP contribution is -2.42. The summed E-state index contributed by atoms with van der Waals surface area (Å²) in [5.41, 5.74) is 4.82. The van der Waals surface area contributed by atoms with Gasteiger partial charge in [0.25, 0.3) is 0 Å². The van der Waals surface area contributed by atoms with Gasteiger partial charge in [-0.25, -0.2) is 0 Å². The highest BCUT2D eigenvalue weighted by atomic mass is 16.5. The standard InChI is InChI=1S/C22H33N2O2/c1-7-18-8-10-19(11-9-18)16-24(3,4)13-12-23-21-15-20(25-5)14-17(2)22(21)26-6/h8-11,14-15,23H,7,12-13,16H2,1-6H3/q+1. The van der Waals surface area contributed by atoms with Crippen LogP contribution in [0, 0.1) is 6.92 Å². The van der Waals surface area contributed by atoms with Gasteiger partial charge in [-0.3, -0.25) is 0 Å². The van der Waals surface area contributed by atoms with Crippen LogP contribution in [-0.2, 0) is 13.0 Å². The smallest absolute Gasteiger partial charge is 0.145 e. The molecule has 1 N–H and O–H groups in total. The van der Waals surface area contributed by atoms with Gasteiger partial charge in [0.2, 0.25) is 0 Å². The Balaban J connectivity index is 1.98. The summed E-state index contributed by atoms with van der Waals surface area (Å²) < 4.78 is 11.9. The van der Waals surface area contributed by atoms with Crippen molar-refractivity contribution in [3.63, 3.8) is 0 Å². The van der Waals surface area contributed by atoms with E-state index in [2.05, 4.69) is 50.6 Å². The molecule has 0 aliphatic carbocycles. The second kappa shape index (κ2) is 8.95. The second-order valence-electron chi connectivity index (χ2n) is 7.44. The van der Waals surface area contributed by atoms with E-state index in [1.165, 1.54) is 11.1 Å². The number of nitrogens with zero attached hydrogens (tertiary/aromatic N) is 1. The Morgan fingerprint density at radius 1 is 0.962 bits per heavy atom. The fraction of sp³-hybridized carbons (Fsp3) is 0.455. The SMILES string of the molecule is CCc1ccc(C[N+](C)(C)CCNc2cc(OC)cc(C)c2OC)cc1. The average Bonchev–Trinajstić information content (AvgIpc) is 2.61. The van der Waals surface area contributed by atoms with Crippen LogP contribution in [0.1, 0.15) is 23.6 Å². The molecule has 0 saturated carbocycles. The lowest BCUT2D eigenvalue weighted by Gasteiger charge is -2.30. The topological polar surface area (TPSA) is 30.5 Å². The first kappa shape index (κ1) is 20.1. The Kier molecular flexibility index (Phi) is 6.92. The molecule has 4 nitrogen and oxygen atoms in total. The van der Waals surface area contributed by atoms with E-state index >= 15 is 0 Å². The number of hydrogen-bond acceptors (Lipinski definition) is 3. The summed E-state index contributed by atoms with van der Waals surface area (Å²) in [6.07, 6.45) is 1.09. The quantitative estimate of drug-likeness (QED) is 0.680. The van der Waals surface area contributed by atoms with Crippen molar-refractivity contribution >= 4 is 5.69 Å². The number of rotatable bonds is 9. The molecule has 0 atom stereocenters. The molecule has 0 radical (unpaired) electrons. The molecule has 4 heteroatoms. The van der Waals surface area contributed by atoms with Crippen LogP contribution in [0.25, 0.3) is 0 Å². The van der Waals surface area contributed by atoms with Crippen LogP contribution in [-0.4, -0.2) is 45.9 Å². The van der Waals surface area contributed by atoms with E-state index < -0.39 is 0 Å². The molecule has 0 amide bonds. The summed E-state index contributed by atoms with van der Waals surface area (Å²) in [6.45, 7) is 7.11. The number of hydrogen-bond donors (Lipinski definition) is 1. The highest BCUT2D eigenvalue weighted by Crippen LogP contribution is 2.33. The fourth-order valence-electron chi connectivity index (χ4n) is 3.21. The maximum Gasteiger partial charge on any atom is 0.145 e. The zero-order valence-corrected chi connectivity index (χ0v) is 17.1. The van der Waals surface area contributed by atoms with E-state index in [4.69, 9.17) is 9.47 Å². The van der Waals surface area contributed by atoms with Crippen molar-refractivity contribution in [2.45, 2.75) is 26.8 Å². The largest absolute Gasteiger partial charge is 0.497 e. The van der Waals surface area contributed by atoms with Crippen LogP contribution in [0.4, 0.5) is 5.69 Å². The molecule has 0 spiro atoms. The van der Waals surface area contributed by atoms with Crippen LogP contribution in [0.2, 0.25) is 0 Å². The Labute approximate surface area is 158 Å². The maximum absolute atomic E-state index is 5.55. The molecule has 2 aromatic rings. The summed E-state index contributed by atoms with van der Waals surface area (Å²) in [7, 11) is 7.93. The Bertz CT molecular complexity index is 709. The van der Waals surface area contributed by atoms with Crippen molar-refractivity contribution in [1.29, 1.82) is 0 Å². The molecule has 0 unspecified atom stereocenters. The van der Waals surface area contributed by atoms with Gasteiger partial charge in [0.15, 0.2) is 0 Å². The first-order valence-corrected chi connectivity index (χ1v) is 9.25. The fourth-order valence-corrected chi connectivity index (χ4v) is 3.21. The summed E-state index contributed by atoms with van der Waals surface area (Å²) in [4.78, 5) is 0. The first-order chi connectivity index (χ1) is 12.4. The summed E-state index contributed by atoms with van der Waals surface area (Å²) >= 11 is 0. The maximum atomic E-state index is 5.55. The number of methoxy groups -OCH3 is 2. The van der Waals surface area contributed by atoms with Crippen LogP contribution >= 0.6 is 0 Å². The van der Waals surface area contributed by atoms with E-state index in [-0.39, 0.29) is 0 Å². The zero-order valence-electron chi connectivity index (χ0n) is 17.1. The number of aryl methyl sites for hydroxylation is 2. The number of anilines is 1. The van der Waals surface area contributed by atoms with Gasteiger partial charge in [-0.2, -0.15) is 0 Å². The van der Waals surface area contributed by atoms with Crippen molar-refractivity contribution in [1.82, 2.24) is 0 Å². The Morgan fingerprint density at radius 2 is 1.62 bits per heavy atom. The molecule has 0 heterocycles. The molecule has 2 rings (SSSR count). The molecule has 0 aliphatic rings. The first-order valence-electron chi connectivity index (χ1n) is 9.25. The van der Waals surface area contributed by atoms with E-state index in [1.807, 2.05) is 19.1 Å². The summed E-state index contributed by atoms with van der Waals surface area (Å²) in [5.74, 6) is 1.72. The lowest BCUT2D eigenvalue weighted by molar-refractivity contribution is -0.902. The highest BCUT2D eigenvalue weighted by Gasteiger charge is 2.16. The van der Waals surface area contributed by atoms with Gasteiger partial charge < -0.3 is 19.3 Å². The van der Waals surface area contributed by atoms with Gasteiger partial charge in [0.05, 0.1) is 47.1 Å². The van der Waals surface area contributed by atoms with E-state index in [0.717, 1.165) is 53.3 Å². The molecule has 0 fully saturated rings. The van der Waals surface area contributed by atoms with Crippen LogP contribution in [0.5, 0.6) is 11.5 Å². The number of ether oxygens (including phenoxy) is 2. The minimum absolute atomic E-state index is 0.843. The second-order valence-corrected chi connectivity index (χ2v) is 7.44. The van der Waals surface area contributed by atoms with Crippen molar-refractivity contribution in [2.24, 2.45) is 0 Å². The van der Waals surface area contributed by atoms with Gasteiger partial charge in [-0.1, -0.05) is 31.2 Å². The van der Waals surface area contributed by atoms with Gasteiger partial charge in [0, 0.05) is 11.6 Å². The molecule has 142 valence electrons. The third-order valence-electron chi connectivity index (χ3n) is 4.76. The molecular formula is C22H33N2O2+. The Hall–Kier alpha value is -2.20.